The molecule has 0 unspecified atom stereocenters. The minimum absolute atomic E-state index is 0.142. The molecule has 2 rings (SSSR count). The first-order valence-electron chi connectivity index (χ1n) is 5.22. The van der Waals surface area contributed by atoms with Crippen LogP contribution >= 0.6 is 23.2 Å². The first kappa shape index (κ1) is 12.4. The zero-order valence-corrected chi connectivity index (χ0v) is 10.5. The Morgan fingerprint density at radius 2 is 2.00 bits per heavy atom. The predicted molar refractivity (Wildman–Crippen MR) is 67.4 cm³/mol. The molecule has 0 aliphatic carbocycles. The maximum absolute atomic E-state index is 8.72. The van der Waals surface area contributed by atoms with Crippen molar-refractivity contribution < 1.29 is 9.63 Å². The number of benzene rings is 1. The Morgan fingerprint density at radius 1 is 1.18 bits per heavy atom. The number of halogens is 2. The predicted octanol–water partition coefficient (Wildman–Crippen LogP) is 3.57. The molecule has 0 spiro atoms. The largest absolute Gasteiger partial charge is 0.396 e. The van der Waals surface area contributed by atoms with Crippen molar-refractivity contribution >= 4 is 23.2 Å². The molecule has 0 saturated carbocycles. The van der Waals surface area contributed by atoms with Crippen LogP contribution in [-0.2, 0) is 6.42 Å². The van der Waals surface area contributed by atoms with E-state index >= 15 is 0 Å². The lowest BCUT2D eigenvalue weighted by molar-refractivity contribution is 0.280. The highest BCUT2D eigenvalue weighted by molar-refractivity contribution is 6.42. The van der Waals surface area contributed by atoms with E-state index in [1.54, 1.807) is 12.1 Å². The summed E-state index contributed by atoms with van der Waals surface area (Å²) in [6.07, 6.45) is 1.33. The van der Waals surface area contributed by atoms with Crippen LogP contribution in [0.5, 0.6) is 0 Å². The summed E-state index contributed by atoms with van der Waals surface area (Å²) in [5, 5.41) is 13.7. The SMILES string of the molecule is OCCCc1cc(-c2ccc(Cl)c(Cl)c2)no1. The third-order valence-electron chi connectivity index (χ3n) is 2.36. The van der Waals surface area contributed by atoms with Gasteiger partial charge in [-0.1, -0.05) is 34.4 Å². The molecule has 0 aliphatic rings. The van der Waals surface area contributed by atoms with E-state index in [1.807, 2.05) is 12.1 Å². The van der Waals surface area contributed by atoms with Crippen molar-refractivity contribution in [3.8, 4) is 11.3 Å². The average molecular weight is 272 g/mol. The fourth-order valence-electron chi connectivity index (χ4n) is 1.48. The highest BCUT2D eigenvalue weighted by Crippen LogP contribution is 2.28. The van der Waals surface area contributed by atoms with Gasteiger partial charge in [-0.15, -0.1) is 0 Å². The van der Waals surface area contributed by atoms with Crippen LogP contribution in [0.3, 0.4) is 0 Å². The van der Waals surface area contributed by atoms with Gasteiger partial charge in [-0.3, -0.25) is 0 Å². The average Bonchev–Trinajstić information content (AvgIpc) is 2.79. The van der Waals surface area contributed by atoms with E-state index in [1.165, 1.54) is 0 Å². The van der Waals surface area contributed by atoms with Crippen molar-refractivity contribution in [2.45, 2.75) is 12.8 Å². The summed E-state index contributed by atoms with van der Waals surface area (Å²) in [6, 6.07) is 7.15. The Balaban J connectivity index is 2.21. The topological polar surface area (TPSA) is 46.3 Å². The number of aliphatic hydroxyl groups is 1. The molecule has 1 aromatic carbocycles. The van der Waals surface area contributed by atoms with E-state index in [2.05, 4.69) is 5.16 Å². The Morgan fingerprint density at radius 3 is 2.71 bits per heavy atom. The van der Waals surface area contributed by atoms with Gasteiger partial charge in [0.15, 0.2) is 0 Å². The molecule has 2 aromatic rings. The summed E-state index contributed by atoms with van der Waals surface area (Å²) < 4.78 is 5.15. The third kappa shape index (κ3) is 3.00. The lowest BCUT2D eigenvalue weighted by Gasteiger charge is -1.98. The number of nitrogens with zero attached hydrogens (tertiary/aromatic N) is 1. The molecule has 17 heavy (non-hydrogen) atoms. The lowest BCUT2D eigenvalue weighted by Crippen LogP contribution is -1.86. The normalized spacial score (nSPS) is 10.8. The summed E-state index contributed by atoms with van der Waals surface area (Å²) in [4.78, 5) is 0. The van der Waals surface area contributed by atoms with Crippen LogP contribution in [0.4, 0.5) is 0 Å². The molecule has 90 valence electrons. The summed E-state index contributed by atoms with van der Waals surface area (Å²) in [7, 11) is 0. The molecule has 0 amide bonds. The van der Waals surface area contributed by atoms with Gasteiger partial charge in [0, 0.05) is 24.7 Å². The van der Waals surface area contributed by atoms with Crippen LogP contribution in [0.2, 0.25) is 10.0 Å². The van der Waals surface area contributed by atoms with Crippen molar-refractivity contribution in [3.63, 3.8) is 0 Å². The van der Waals surface area contributed by atoms with Gasteiger partial charge in [-0.2, -0.15) is 0 Å². The molecule has 3 nitrogen and oxygen atoms in total. The lowest BCUT2D eigenvalue weighted by atomic mass is 10.1. The first-order chi connectivity index (χ1) is 8.20. The van der Waals surface area contributed by atoms with Crippen molar-refractivity contribution in [2.75, 3.05) is 6.61 Å². The summed E-state index contributed by atoms with van der Waals surface area (Å²) in [5.41, 5.74) is 1.58. The van der Waals surface area contributed by atoms with Gasteiger partial charge < -0.3 is 9.63 Å². The monoisotopic (exact) mass is 271 g/mol. The molecule has 0 bridgehead atoms. The number of aliphatic hydroxyl groups excluding tert-OH is 1. The molecular formula is C12H11Cl2NO2. The zero-order chi connectivity index (χ0) is 12.3. The number of rotatable bonds is 4. The van der Waals surface area contributed by atoms with Crippen LogP contribution < -0.4 is 0 Å². The van der Waals surface area contributed by atoms with Crippen LogP contribution in [0, 0.1) is 0 Å². The highest BCUT2D eigenvalue weighted by Gasteiger charge is 2.08. The molecule has 0 aliphatic heterocycles. The fraction of sp³-hybridized carbons (Fsp3) is 0.250. The van der Waals surface area contributed by atoms with Gasteiger partial charge in [0.1, 0.15) is 11.5 Å². The van der Waals surface area contributed by atoms with Crippen molar-refractivity contribution in [3.05, 3.63) is 40.1 Å². The molecule has 0 fully saturated rings. The van der Waals surface area contributed by atoms with Crippen LogP contribution in [0.1, 0.15) is 12.2 Å². The Bertz CT molecular complexity index is 511. The molecule has 0 saturated heterocycles. The molecule has 0 radical (unpaired) electrons. The minimum Gasteiger partial charge on any atom is -0.396 e. The second-order valence-electron chi connectivity index (χ2n) is 3.63. The number of aryl methyl sites for hydroxylation is 1. The van der Waals surface area contributed by atoms with Crippen LogP contribution in [-0.4, -0.2) is 16.9 Å². The van der Waals surface area contributed by atoms with E-state index in [-0.39, 0.29) is 6.61 Å². The van der Waals surface area contributed by atoms with Gasteiger partial charge >= 0.3 is 0 Å². The minimum atomic E-state index is 0.142. The van der Waals surface area contributed by atoms with Crippen molar-refractivity contribution in [1.82, 2.24) is 5.16 Å². The van der Waals surface area contributed by atoms with E-state index in [9.17, 15) is 0 Å². The second kappa shape index (κ2) is 5.54. The van der Waals surface area contributed by atoms with Crippen LogP contribution in [0.25, 0.3) is 11.3 Å². The molecule has 1 heterocycles. The van der Waals surface area contributed by atoms with Gasteiger partial charge in [0.25, 0.3) is 0 Å². The number of hydrogen-bond acceptors (Lipinski definition) is 3. The first-order valence-corrected chi connectivity index (χ1v) is 5.98. The molecule has 1 aromatic heterocycles. The Kier molecular flexibility index (Phi) is 4.05. The van der Waals surface area contributed by atoms with E-state index in [4.69, 9.17) is 32.8 Å². The zero-order valence-electron chi connectivity index (χ0n) is 8.99. The maximum Gasteiger partial charge on any atom is 0.137 e. The summed E-state index contributed by atoms with van der Waals surface area (Å²) >= 11 is 11.8. The molecule has 5 heteroatoms. The number of hydrogen-bond donors (Lipinski definition) is 1. The van der Waals surface area contributed by atoms with Crippen molar-refractivity contribution in [1.29, 1.82) is 0 Å². The third-order valence-corrected chi connectivity index (χ3v) is 3.09. The van der Waals surface area contributed by atoms with E-state index in [0.717, 1.165) is 17.0 Å². The standard InChI is InChI=1S/C12H11Cl2NO2/c13-10-4-3-8(6-11(10)14)12-7-9(17-15-12)2-1-5-16/h3-4,6-7,16H,1-2,5H2. The smallest absolute Gasteiger partial charge is 0.137 e. The maximum atomic E-state index is 8.72. The number of aromatic nitrogens is 1. The quantitative estimate of drug-likeness (QED) is 0.925. The fourth-order valence-corrected chi connectivity index (χ4v) is 1.77. The van der Waals surface area contributed by atoms with E-state index < -0.39 is 0 Å². The Labute approximate surface area is 109 Å². The molecular weight excluding hydrogens is 261 g/mol. The highest BCUT2D eigenvalue weighted by atomic mass is 35.5. The molecule has 1 N–H and O–H groups in total. The summed E-state index contributed by atoms with van der Waals surface area (Å²) in [5.74, 6) is 0.750. The molecule has 0 atom stereocenters. The van der Waals surface area contributed by atoms with Gasteiger partial charge in [0.05, 0.1) is 10.0 Å². The van der Waals surface area contributed by atoms with Gasteiger partial charge in [-0.05, 0) is 18.6 Å². The van der Waals surface area contributed by atoms with Gasteiger partial charge in [-0.25, -0.2) is 0 Å². The van der Waals surface area contributed by atoms with E-state index in [0.29, 0.717) is 22.9 Å². The van der Waals surface area contributed by atoms with Gasteiger partial charge in [0.2, 0.25) is 0 Å². The second-order valence-corrected chi connectivity index (χ2v) is 4.45. The van der Waals surface area contributed by atoms with Crippen molar-refractivity contribution in [2.24, 2.45) is 0 Å². The Hall–Kier alpha value is -1.03. The summed E-state index contributed by atoms with van der Waals surface area (Å²) in [6.45, 7) is 0.142. The van der Waals surface area contributed by atoms with Crippen LogP contribution in [0.15, 0.2) is 28.8 Å².